The fourth-order valence-electron chi connectivity index (χ4n) is 4.44. The maximum Gasteiger partial charge on any atom is 0.259 e. The van der Waals surface area contributed by atoms with Gasteiger partial charge < -0.3 is 5.32 Å². The summed E-state index contributed by atoms with van der Waals surface area (Å²) in [6.07, 6.45) is 1.91. The Labute approximate surface area is 180 Å². The van der Waals surface area contributed by atoms with Gasteiger partial charge in [0.1, 0.15) is 5.82 Å². The number of nitrogens with zero attached hydrogens (tertiary/aromatic N) is 1. The minimum Gasteiger partial charge on any atom is -0.357 e. The number of Topliss-reactive ketones (excluding diaryl/α,β-unsaturated/α-hetero) is 1. The Morgan fingerprint density at radius 1 is 0.903 bits per heavy atom. The molecule has 1 N–H and O–H groups in total. The van der Waals surface area contributed by atoms with E-state index in [0.717, 1.165) is 24.2 Å². The summed E-state index contributed by atoms with van der Waals surface area (Å²) in [7, 11) is 0. The fourth-order valence-corrected chi connectivity index (χ4v) is 4.44. The van der Waals surface area contributed by atoms with Crippen LogP contribution in [0.15, 0.2) is 90.1 Å². The maximum atomic E-state index is 13.8. The van der Waals surface area contributed by atoms with Gasteiger partial charge in [-0.15, -0.1) is 0 Å². The number of hydrogen-bond donors (Lipinski definition) is 1. The van der Waals surface area contributed by atoms with E-state index in [1.54, 1.807) is 29.2 Å². The van der Waals surface area contributed by atoms with E-state index in [1.165, 1.54) is 12.1 Å². The summed E-state index contributed by atoms with van der Waals surface area (Å²) in [5.41, 5.74) is 4.11. The molecule has 4 nitrogen and oxygen atoms in total. The van der Waals surface area contributed by atoms with Crippen molar-refractivity contribution in [2.24, 2.45) is 0 Å². The van der Waals surface area contributed by atoms with E-state index >= 15 is 0 Å². The number of carbonyl (C=O) groups is 2. The van der Waals surface area contributed by atoms with E-state index in [1.807, 2.05) is 42.5 Å². The highest BCUT2D eigenvalue weighted by Gasteiger charge is 2.39. The molecule has 1 heterocycles. The van der Waals surface area contributed by atoms with Crippen molar-refractivity contribution in [3.8, 4) is 0 Å². The van der Waals surface area contributed by atoms with Crippen LogP contribution < -0.4 is 10.2 Å². The molecule has 3 aromatic carbocycles. The number of halogens is 1. The molecule has 0 fully saturated rings. The average molecular weight is 412 g/mol. The van der Waals surface area contributed by atoms with Crippen molar-refractivity contribution < 1.29 is 14.0 Å². The lowest BCUT2D eigenvalue weighted by Crippen LogP contribution is -2.38. The van der Waals surface area contributed by atoms with Gasteiger partial charge >= 0.3 is 0 Å². The first-order chi connectivity index (χ1) is 15.1. The van der Waals surface area contributed by atoms with Gasteiger partial charge in [-0.25, -0.2) is 4.39 Å². The van der Waals surface area contributed by atoms with Gasteiger partial charge in [0, 0.05) is 23.3 Å². The molecule has 0 saturated heterocycles. The Morgan fingerprint density at radius 2 is 1.61 bits per heavy atom. The zero-order valence-electron chi connectivity index (χ0n) is 16.8. The number of benzene rings is 3. The number of hydrogen-bond acceptors (Lipinski definition) is 3. The summed E-state index contributed by atoms with van der Waals surface area (Å²) in [5, 5.41) is 3.43. The number of rotatable bonds is 2. The number of nitrogens with one attached hydrogen (secondary N) is 1. The second kappa shape index (κ2) is 7.84. The van der Waals surface area contributed by atoms with Crippen molar-refractivity contribution in [3.63, 3.8) is 0 Å². The zero-order chi connectivity index (χ0) is 21.4. The lowest BCUT2D eigenvalue weighted by Gasteiger charge is -2.34. The zero-order valence-corrected chi connectivity index (χ0v) is 16.8. The van der Waals surface area contributed by atoms with E-state index in [4.69, 9.17) is 0 Å². The standard InChI is InChI=1S/C26H21FN2O2/c27-19-15-13-17(14-16-19)25-24-21(10-6-12-23(24)30)28-20-9-4-5-11-22(20)29(25)26(31)18-7-2-1-3-8-18/h1-5,7-9,11,13-16,25,28H,6,10,12H2/t25-/m1/s1. The molecular formula is C26H21FN2O2. The molecule has 1 aliphatic heterocycles. The van der Waals surface area contributed by atoms with Crippen molar-refractivity contribution >= 4 is 23.1 Å². The smallest absolute Gasteiger partial charge is 0.259 e. The maximum absolute atomic E-state index is 13.8. The molecule has 1 aliphatic carbocycles. The molecule has 2 aliphatic rings. The van der Waals surface area contributed by atoms with Gasteiger partial charge in [0.15, 0.2) is 5.78 Å². The number of carbonyl (C=O) groups excluding carboxylic acids is 2. The van der Waals surface area contributed by atoms with Crippen molar-refractivity contribution in [3.05, 3.63) is 107 Å². The molecule has 0 unspecified atom stereocenters. The molecule has 0 bridgehead atoms. The minimum absolute atomic E-state index is 0.0155. The molecule has 31 heavy (non-hydrogen) atoms. The monoisotopic (exact) mass is 412 g/mol. The van der Waals surface area contributed by atoms with Crippen LogP contribution in [-0.2, 0) is 4.79 Å². The van der Waals surface area contributed by atoms with Crippen LogP contribution in [0.25, 0.3) is 0 Å². The number of ketones is 1. The van der Waals surface area contributed by atoms with Gasteiger partial charge in [0.25, 0.3) is 5.91 Å². The van der Waals surface area contributed by atoms with Crippen molar-refractivity contribution in [1.29, 1.82) is 0 Å². The summed E-state index contributed by atoms with van der Waals surface area (Å²) >= 11 is 0. The first-order valence-corrected chi connectivity index (χ1v) is 10.4. The highest BCUT2D eigenvalue weighted by molar-refractivity contribution is 6.11. The van der Waals surface area contributed by atoms with Crippen LogP contribution in [0, 0.1) is 5.82 Å². The van der Waals surface area contributed by atoms with E-state index in [-0.39, 0.29) is 17.5 Å². The van der Waals surface area contributed by atoms with Gasteiger partial charge in [0.2, 0.25) is 0 Å². The molecule has 0 aromatic heterocycles. The van der Waals surface area contributed by atoms with E-state index in [0.29, 0.717) is 28.8 Å². The molecule has 5 heteroatoms. The second-order valence-electron chi connectivity index (χ2n) is 7.81. The summed E-state index contributed by atoms with van der Waals surface area (Å²) in [6.45, 7) is 0. The summed E-state index contributed by atoms with van der Waals surface area (Å²) in [5.74, 6) is -0.556. The van der Waals surface area contributed by atoms with Crippen LogP contribution in [0.2, 0.25) is 0 Å². The number of anilines is 2. The molecule has 0 radical (unpaired) electrons. The van der Waals surface area contributed by atoms with Gasteiger partial charge in [0.05, 0.1) is 17.4 Å². The summed E-state index contributed by atoms with van der Waals surface area (Å²) < 4.78 is 13.7. The quantitative estimate of drug-likeness (QED) is 0.592. The molecule has 5 rings (SSSR count). The van der Waals surface area contributed by atoms with Crippen LogP contribution in [0.4, 0.5) is 15.8 Å². The number of fused-ring (bicyclic) bond motifs is 1. The third-order valence-electron chi connectivity index (χ3n) is 5.86. The first-order valence-electron chi connectivity index (χ1n) is 10.4. The van der Waals surface area contributed by atoms with Gasteiger partial charge in [-0.3, -0.25) is 14.5 Å². The van der Waals surface area contributed by atoms with Crippen molar-refractivity contribution in [1.82, 2.24) is 0 Å². The normalized spacial score (nSPS) is 18.0. The number of allylic oxidation sites excluding steroid dienone is 1. The van der Waals surface area contributed by atoms with E-state index in [2.05, 4.69) is 5.32 Å². The first kappa shape index (κ1) is 19.2. The van der Waals surface area contributed by atoms with E-state index in [9.17, 15) is 14.0 Å². The summed E-state index contributed by atoms with van der Waals surface area (Å²) in [4.78, 5) is 28.7. The largest absolute Gasteiger partial charge is 0.357 e. The molecule has 1 amide bonds. The van der Waals surface area contributed by atoms with Crippen LogP contribution in [0.3, 0.4) is 0 Å². The Balaban J connectivity index is 1.78. The van der Waals surface area contributed by atoms with Crippen LogP contribution in [0.5, 0.6) is 0 Å². The second-order valence-corrected chi connectivity index (χ2v) is 7.81. The highest BCUT2D eigenvalue weighted by atomic mass is 19.1. The number of para-hydroxylation sites is 2. The fraction of sp³-hybridized carbons (Fsp3) is 0.154. The lowest BCUT2D eigenvalue weighted by atomic mass is 9.85. The Bertz CT molecular complexity index is 1190. The third kappa shape index (κ3) is 3.42. The number of amides is 1. The molecular weight excluding hydrogens is 391 g/mol. The highest BCUT2D eigenvalue weighted by Crippen LogP contribution is 2.45. The predicted octanol–water partition coefficient (Wildman–Crippen LogP) is 5.65. The Hall–Kier alpha value is -3.73. The van der Waals surface area contributed by atoms with Crippen LogP contribution in [-0.4, -0.2) is 11.7 Å². The average Bonchev–Trinajstić information content (AvgIpc) is 2.95. The van der Waals surface area contributed by atoms with Crippen molar-refractivity contribution in [2.75, 3.05) is 10.2 Å². The molecule has 0 spiro atoms. The van der Waals surface area contributed by atoms with E-state index < -0.39 is 6.04 Å². The summed E-state index contributed by atoms with van der Waals surface area (Å²) in [6, 6.07) is 22.0. The van der Waals surface area contributed by atoms with Gasteiger partial charge in [-0.1, -0.05) is 42.5 Å². The molecule has 3 aromatic rings. The minimum atomic E-state index is -0.646. The lowest BCUT2D eigenvalue weighted by molar-refractivity contribution is -0.116. The third-order valence-corrected chi connectivity index (χ3v) is 5.86. The Morgan fingerprint density at radius 3 is 2.39 bits per heavy atom. The van der Waals surface area contributed by atoms with Gasteiger partial charge in [-0.2, -0.15) is 0 Å². The van der Waals surface area contributed by atoms with Crippen LogP contribution >= 0.6 is 0 Å². The van der Waals surface area contributed by atoms with Gasteiger partial charge in [-0.05, 0) is 54.8 Å². The molecule has 154 valence electrons. The Kier molecular flexibility index (Phi) is 4.86. The van der Waals surface area contributed by atoms with Crippen LogP contribution in [0.1, 0.15) is 41.2 Å². The molecule has 1 atom stereocenters. The SMILES string of the molecule is O=C1CCCC2=C1[C@@H](c1ccc(F)cc1)N(C(=O)c1ccccc1)c1ccccc1N2. The predicted molar refractivity (Wildman–Crippen MR) is 118 cm³/mol. The topological polar surface area (TPSA) is 49.4 Å². The van der Waals surface area contributed by atoms with Crippen molar-refractivity contribution in [2.45, 2.75) is 25.3 Å². The molecule has 0 saturated carbocycles.